The number of carbonyl (C=O) groups excluding carboxylic acids is 1. The number of ether oxygens (including phenoxy) is 2. The summed E-state index contributed by atoms with van der Waals surface area (Å²) < 4.78 is 11.6. The predicted octanol–water partition coefficient (Wildman–Crippen LogP) is 4.98. The van der Waals surface area contributed by atoms with Gasteiger partial charge in [0.15, 0.2) is 5.72 Å². The minimum atomic E-state index is -0.831. The Hall–Kier alpha value is -1.17. The molecule has 1 aliphatic heterocycles. The summed E-state index contributed by atoms with van der Waals surface area (Å²) in [5.74, 6) is 0. The summed E-state index contributed by atoms with van der Waals surface area (Å²) in [5.41, 5.74) is 4.93. The number of hydrogen-bond acceptors (Lipinski definition) is 4. The molecular weight excluding hydrogens is 363 g/mol. The number of rotatable bonds is 6. The van der Waals surface area contributed by atoms with Gasteiger partial charge in [-0.2, -0.15) is 0 Å². The van der Waals surface area contributed by atoms with Crippen molar-refractivity contribution in [3.63, 3.8) is 0 Å². The number of hydrogen-bond donors (Lipinski definition) is 1. The molecule has 0 spiro atoms. The summed E-state index contributed by atoms with van der Waals surface area (Å²) in [5, 5.41) is 1.08. The molecule has 0 bridgehead atoms. The van der Waals surface area contributed by atoms with Crippen LogP contribution in [-0.2, 0) is 9.47 Å². The number of nitrogens with two attached hydrogens (primary N) is 1. The van der Waals surface area contributed by atoms with E-state index in [-0.39, 0.29) is 5.54 Å². The van der Waals surface area contributed by atoms with Crippen molar-refractivity contribution >= 4 is 35.0 Å². The van der Waals surface area contributed by atoms with Crippen LogP contribution in [0.1, 0.15) is 47.0 Å². The molecule has 0 radical (unpaired) electrons. The van der Waals surface area contributed by atoms with E-state index in [1.54, 1.807) is 13.0 Å². The lowest BCUT2D eigenvalue weighted by Gasteiger charge is -2.46. The maximum Gasteiger partial charge on any atom is 0.404 e. The first-order chi connectivity index (χ1) is 11.6. The zero-order valence-electron chi connectivity index (χ0n) is 15.1. The van der Waals surface area contributed by atoms with Gasteiger partial charge in [0, 0.05) is 15.7 Å². The third kappa shape index (κ3) is 4.15. The number of unbranched alkanes of at least 4 members (excludes halogenated alkanes) is 1. The molecule has 2 rings (SSSR count). The zero-order chi connectivity index (χ0) is 18.8. The first-order valence-electron chi connectivity index (χ1n) is 8.49. The Morgan fingerprint density at radius 3 is 2.48 bits per heavy atom. The Kier molecular flexibility index (Phi) is 6.13. The first kappa shape index (κ1) is 20.1. The molecule has 2 unspecified atom stereocenters. The van der Waals surface area contributed by atoms with Crippen LogP contribution in [-0.4, -0.2) is 30.1 Å². The average molecular weight is 389 g/mol. The predicted molar refractivity (Wildman–Crippen MR) is 101 cm³/mol. The first-order valence-corrected chi connectivity index (χ1v) is 9.24. The third-order valence-corrected chi connectivity index (χ3v) is 5.02. The summed E-state index contributed by atoms with van der Waals surface area (Å²) in [6.45, 7) is 8.54. The fourth-order valence-corrected chi connectivity index (χ4v) is 4.08. The minimum Gasteiger partial charge on any atom is -0.442 e. The number of primary amides is 1. The lowest BCUT2D eigenvalue weighted by atomic mass is 9.93. The van der Waals surface area contributed by atoms with E-state index in [0.717, 1.165) is 18.5 Å². The standard InChI is InChI=1S/C18H26Cl2N2O3/c1-5-6-7-18(12(2)25-16(21)23)22(17(3,4)11-24-18)15-9-13(19)8-14(20)10-15/h8-10,12H,5-7,11H2,1-4H3,(H2,21,23). The van der Waals surface area contributed by atoms with E-state index >= 15 is 0 Å². The van der Waals surface area contributed by atoms with E-state index in [9.17, 15) is 4.79 Å². The molecule has 1 saturated heterocycles. The SMILES string of the molecule is CCCCC1(C(C)OC(N)=O)OCC(C)(C)N1c1cc(Cl)cc(Cl)c1. The summed E-state index contributed by atoms with van der Waals surface area (Å²) in [6.07, 6.45) is 1.20. The molecule has 140 valence electrons. The topological polar surface area (TPSA) is 64.8 Å². The third-order valence-electron chi connectivity index (χ3n) is 4.58. The van der Waals surface area contributed by atoms with Crippen LogP contribution in [0.15, 0.2) is 18.2 Å². The van der Waals surface area contributed by atoms with Crippen LogP contribution < -0.4 is 10.6 Å². The van der Waals surface area contributed by atoms with Crippen LogP contribution in [0.3, 0.4) is 0 Å². The normalized spacial score (nSPS) is 23.5. The van der Waals surface area contributed by atoms with Crippen molar-refractivity contribution in [1.82, 2.24) is 0 Å². The van der Waals surface area contributed by atoms with E-state index in [4.69, 9.17) is 38.4 Å². The Labute approximate surface area is 159 Å². The second-order valence-electron chi connectivity index (χ2n) is 7.09. The molecule has 1 aliphatic rings. The molecule has 0 saturated carbocycles. The van der Waals surface area contributed by atoms with Gasteiger partial charge in [-0.15, -0.1) is 0 Å². The van der Waals surface area contributed by atoms with Crippen molar-refractivity contribution in [2.45, 2.75) is 64.3 Å². The maximum atomic E-state index is 11.4. The van der Waals surface area contributed by atoms with Gasteiger partial charge in [0.1, 0.15) is 6.10 Å². The minimum absolute atomic E-state index is 0.336. The van der Waals surface area contributed by atoms with Crippen LogP contribution in [0.5, 0.6) is 0 Å². The number of halogens is 2. The van der Waals surface area contributed by atoms with Crippen LogP contribution in [0.4, 0.5) is 10.5 Å². The van der Waals surface area contributed by atoms with E-state index in [1.165, 1.54) is 0 Å². The highest BCUT2D eigenvalue weighted by atomic mass is 35.5. The van der Waals surface area contributed by atoms with Gasteiger partial charge in [0.05, 0.1) is 12.1 Å². The van der Waals surface area contributed by atoms with Crippen LogP contribution in [0.2, 0.25) is 10.0 Å². The number of carbonyl (C=O) groups is 1. The highest BCUT2D eigenvalue weighted by Crippen LogP contribution is 2.46. The van der Waals surface area contributed by atoms with Crippen LogP contribution in [0, 0.1) is 0 Å². The molecule has 1 fully saturated rings. The highest BCUT2D eigenvalue weighted by Gasteiger charge is 2.56. The highest BCUT2D eigenvalue weighted by molar-refractivity contribution is 6.35. The van der Waals surface area contributed by atoms with Crippen molar-refractivity contribution in [1.29, 1.82) is 0 Å². The second-order valence-corrected chi connectivity index (χ2v) is 7.96. The van der Waals surface area contributed by atoms with Crippen molar-refractivity contribution in [2.24, 2.45) is 5.73 Å². The number of nitrogens with zero attached hydrogens (tertiary/aromatic N) is 1. The molecule has 0 aliphatic carbocycles. The van der Waals surface area contributed by atoms with Gasteiger partial charge >= 0.3 is 6.09 Å². The van der Waals surface area contributed by atoms with Gasteiger partial charge < -0.3 is 20.1 Å². The smallest absolute Gasteiger partial charge is 0.404 e. The molecule has 2 N–H and O–H groups in total. The molecule has 5 nitrogen and oxygen atoms in total. The van der Waals surface area contributed by atoms with Gasteiger partial charge in [-0.1, -0.05) is 36.5 Å². The Bertz CT molecular complexity index is 618. The number of anilines is 1. The lowest BCUT2D eigenvalue weighted by molar-refractivity contribution is -0.0890. The van der Waals surface area contributed by atoms with Gasteiger partial charge in [-0.25, -0.2) is 4.79 Å². The fourth-order valence-electron chi connectivity index (χ4n) is 3.56. The molecule has 1 aromatic carbocycles. The van der Waals surface area contributed by atoms with Gasteiger partial charge in [0.2, 0.25) is 0 Å². The fraction of sp³-hybridized carbons (Fsp3) is 0.611. The molecule has 1 aromatic rings. The van der Waals surface area contributed by atoms with E-state index < -0.39 is 17.9 Å². The lowest BCUT2D eigenvalue weighted by Crippen LogP contribution is -2.59. The van der Waals surface area contributed by atoms with Crippen LogP contribution >= 0.6 is 23.2 Å². The molecule has 2 atom stereocenters. The largest absolute Gasteiger partial charge is 0.442 e. The van der Waals surface area contributed by atoms with Gasteiger partial charge in [-0.05, 0) is 51.8 Å². The molecule has 1 amide bonds. The molecule has 7 heteroatoms. The maximum absolute atomic E-state index is 11.4. The number of benzene rings is 1. The molecule has 25 heavy (non-hydrogen) atoms. The Morgan fingerprint density at radius 2 is 1.96 bits per heavy atom. The van der Waals surface area contributed by atoms with Crippen molar-refractivity contribution in [2.75, 3.05) is 11.5 Å². The van der Waals surface area contributed by atoms with Crippen molar-refractivity contribution in [3.8, 4) is 0 Å². The van der Waals surface area contributed by atoms with Crippen molar-refractivity contribution in [3.05, 3.63) is 28.2 Å². The summed E-state index contributed by atoms with van der Waals surface area (Å²) in [7, 11) is 0. The second kappa shape index (κ2) is 7.60. The Morgan fingerprint density at radius 1 is 1.36 bits per heavy atom. The quantitative estimate of drug-likeness (QED) is 0.745. The average Bonchev–Trinajstić information content (AvgIpc) is 2.75. The van der Waals surface area contributed by atoms with Crippen molar-refractivity contribution < 1.29 is 14.3 Å². The summed E-state index contributed by atoms with van der Waals surface area (Å²) >= 11 is 12.5. The van der Waals surface area contributed by atoms with Gasteiger partial charge in [0.25, 0.3) is 0 Å². The van der Waals surface area contributed by atoms with Crippen LogP contribution in [0.25, 0.3) is 0 Å². The van der Waals surface area contributed by atoms with E-state index in [2.05, 4.69) is 25.7 Å². The zero-order valence-corrected chi connectivity index (χ0v) is 16.7. The van der Waals surface area contributed by atoms with E-state index in [1.807, 2.05) is 12.1 Å². The molecule has 0 aromatic heterocycles. The number of amides is 1. The molecule has 1 heterocycles. The molecular formula is C18H26Cl2N2O3. The van der Waals surface area contributed by atoms with Gasteiger partial charge in [-0.3, -0.25) is 0 Å². The summed E-state index contributed by atoms with van der Waals surface area (Å²) in [6, 6.07) is 5.39. The van der Waals surface area contributed by atoms with E-state index in [0.29, 0.717) is 23.1 Å². The Balaban J connectivity index is 2.56. The monoisotopic (exact) mass is 388 g/mol. The summed E-state index contributed by atoms with van der Waals surface area (Å²) in [4.78, 5) is 13.5.